The van der Waals surface area contributed by atoms with Crippen molar-refractivity contribution in [2.45, 2.75) is 0 Å². The van der Waals surface area contributed by atoms with Gasteiger partial charge in [-0.25, -0.2) is 0 Å². The molecule has 0 unspecified atom stereocenters. The molecule has 3 heteroatoms. The summed E-state index contributed by atoms with van der Waals surface area (Å²) < 4.78 is 5.25. The van der Waals surface area contributed by atoms with E-state index in [1.807, 2.05) is 22.7 Å². The molecular formula is C40H25NS2. The Morgan fingerprint density at radius 3 is 1.81 bits per heavy atom. The minimum atomic E-state index is 1.16. The Morgan fingerprint density at radius 2 is 0.977 bits per heavy atom. The van der Waals surface area contributed by atoms with Gasteiger partial charge in [0.25, 0.3) is 0 Å². The van der Waals surface area contributed by atoms with E-state index in [0.717, 1.165) is 5.69 Å². The lowest BCUT2D eigenvalue weighted by Gasteiger charge is -2.29. The Labute approximate surface area is 257 Å². The SMILES string of the molecule is c1ccc(-c2ccccc2N(c2ccc3c(c2)sc2ccccc23)c2cc3sc4ccccc4c3c3ccccc23)cc1. The van der Waals surface area contributed by atoms with Gasteiger partial charge in [0.2, 0.25) is 0 Å². The third-order valence-electron chi connectivity index (χ3n) is 8.45. The minimum Gasteiger partial charge on any atom is -0.309 e. The molecule has 0 aliphatic heterocycles. The molecule has 202 valence electrons. The van der Waals surface area contributed by atoms with Crippen molar-refractivity contribution in [2.75, 3.05) is 4.90 Å². The average Bonchev–Trinajstić information content (AvgIpc) is 3.63. The minimum absolute atomic E-state index is 1.16. The van der Waals surface area contributed by atoms with E-state index in [1.165, 1.54) is 73.6 Å². The molecule has 0 aliphatic carbocycles. The van der Waals surface area contributed by atoms with Gasteiger partial charge in [0, 0.05) is 57.0 Å². The number of rotatable bonds is 4. The quantitative estimate of drug-likeness (QED) is 0.199. The van der Waals surface area contributed by atoms with E-state index in [4.69, 9.17) is 0 Å². The zero-order valence-electron chi connectivity index (χ0n) is 23.2. The van der Waals surface area contributed by atoms with Gasteiger partial charge in [0.15, 0.2) is 0 Å². The molecule has 0 atom stereocenters. The third-order valence-corrected chi connectivity index (χ3v) is 10.7. The van der Waals surface area contributed by atoms with Crippen LogP contribution in [0.2, 0.25) is 0 Å². The van der Waals surface area contributed by atoms with Crippen molar-refractivity contribution in [3.63, 3.8) is 0 Å². The third kappa shape index (κ3) is 3.90. The van der Waals surface area contributed by atoms with Gasteiger partial charge in [-0.2, -0.15) is 0 Å². The van der Waals surface area contributed by atoms with Crippen LogP contribution in [0.1, 0.15) is 0 Å². The summed E-state index contributed by atoms with van der Waals surface area (Å²) in [6.45, 7) is 0. The molecular weight excluding hydrogens is 559 g/mol. The molecule has 0 amide bonds. The highest BCUT2D eigenvalue weighted by Crippen LogP contribution is 2.49. The fourth-order valence-corrected chi connectivity index (χ4v) is 8.84. The van der Waals surface area contributed by atoms with Crippen LogP contribution in [0.15, 0.2) is 152 Å². The normalized spacial score (nSPS) is 11.7. The van der Waals surface area contributed by atoms with Gasteiger partial charge in [-0.3, -0.25) is 0 Å². The molecule has 2 aromatic heterocycles. The van der Waals surface area contributed by atoms with E-state index >= 15 is 0 Å². The van der Waals surface area contributed by atoms with Gasteiger partial charge in [-0.15, -0.1) is 22.7 Å². The van der Waals surface area contributed by atoms with Crippen LogP contribution < -0.4 is 4.90 Å². The lowest BCUT2D eigenvalue weighted by molar-refractivity contribution is 1.31. The number of para-hydroxylation sites is 1. The van der Waals surface area contributed by atoms with Gasteiger partial charge in [-0.05, 0) is 47.3 Å². The predicted molar refractivity (Wildman–Crippen MR) is 190 cm³/mol. The molecule has 9 aromatic rings. The van der Waals surface area contributed by atoms with Crippen molar-refractivity contribution in [1.29, 1.82) is 0 Å². The number of anilines is 3. The van der Waals surface area contributed by atoms with Crippen molar-refractivity contribution in [2.24, 2.45) is 0 Å². The van der Waals surface area contributed by atoms with E-state index in [-0.39, 0.29) is 0 Å². The molecule has 0 radical (unpaired) electrons. The molecule has 0 saturated heterocycles. The van der Waals surface area contributed by atoms with E-state index in [9.17, 15) is 0 Å². The van der Waals surface area contributed by atoms with Crippen molar-refractivity contribution in [1.82, 2.24) is 0 Å². The molecule has 1 nitrogen and oxygen atoms in total. The number of hydrogen-bond acceptors (Lipinski definition) is 3. The Bertz CT molecular complexity index is 2470. The van der Waals surface area contributed by atoms with Crippen LogP contribution in [0, 0.1) is 0 Å². The number of fused-ring (bicyclic) bond motifs is 8. The zero-order valence-corrected chi connectivity index (χ0v) is 24.8. The zero-order chi connectivity index (χ0) is 28.3. The molecule has 2 heterocycles. The van der Waals surface area contributed by atoms with Crippen LogP contribution in [0.25, 0.3) is 62.2 Å². The summed E-state index contributed by atoms with van der Waals surface area (Å²) in [6.07, 6.45) is 0. The van der Waals surface area contributed by atoms with Gasteiger partial charge in [-0.1, -0.05) is 115 Å². The summed E-state index contributed by atoms with van der Waals surface area (Å²) in [7, 11) is 0. The highest BCUT2D eigenvalue weighted by molar-refractivity contribution is 7.26. The number of nitrogens with zero attached hydrogens (tertiary/aromatic N) is 1. The Balaban J connectivity index is 1.39. The van der Waals surface area contributed by atoms with E-state index in [0.29, 0.717) is 0 Å². The maximum absolute atomic E-state index is 2.48. The molecule has 43 heavy (non-hydrogen) atoms. The van der Waals surface area contributed by atoms with Crippen molar-refractivity contribution in [3.05, 3.63) is 152 Å². The highest BCUT2D eigenvalue weighted by atomic mass is 32.1. The summed E-state index contributed by atoms with van der Waals surface area (Å²) in [6, 6.07) is 55.4. The highest BCUT2D eigenvalue weighted by Gasteiger charge is 2.22. The van der Waals surface area contributed by atoms with E-state index < -0.39 is 0 Å². The van der Waals surface area contributed by atoms with E-state index in [2.05, 4.69) is 157 Å². The van der Waals surface area contributed by atoms with Gasteiger partial charge >= 0.3 is 0 Å². The van der Waals surface area contributed by atoms with Crippen LogP contribution >= 0.6 is 22.7 Å². The Morgan fingerprint density at radius 1 is 0.372 bits per heavy atom. The second kappa shape index (κ2) is 9.81. The van der Waals surface area contributed by atoms with Gasteiger partial charge in [0.1, 0.15) is 0 Å². The van der Waals surface area contributed by atoms with Crippen LogP contribution in [-0.4, -0.2) is 0 Å². The van der Waals surface area contributed by atoms with Gasteiger partial charge < -0.3 is 4.90 Å². The molecule has 0 aliphatic rings. The average molecular weight is 584 g/mol. The smallest absolute Gasteiger partial charge is 0.0554 e. The monoisotopic (exact) mass is 583 g/mol. The summed E-state index contributed by atoms with van der Waals surface area (Å²) in [4.78, 5) is 2.48. The van der Waals surface area contributed by atoms with E-state index in [1.54, 1.807) is 0 Å². The van der Waals surface area contributed by atoms with Crippen molar-refractivity contribution in [3.8, 4) is 11.1 Å². The summed E-state index contributed by atoms with van der Waals surface area (Å²) >= 11 is 3.75. The molecule has 0 fully saturated rings. The number of thiophene rings is 2. The van der Waals surface area contributed by atoms with Crippen LogP contribution in [0.4, 0.5) is 17.1 Å². The second-order valence-electron chi connectivity index (χ2n) is 10.9. The Hall–Kier alpha value is -4.96. The van der Waals surface area contributed by atoms with Crippen molar-refractivity contribution >= 4 is 90.9 Å². The standard InChI is InChI=1S/C40H25NS2/c1-2-12-26(13-3-1)28-14-6-9-19-34(28)41(27-22-23-31-30-16-7-10-20-36(30)42-38(31)24-27)35-25-39-40(32-17-5-4-15-29(32)35)33-18-8-11-21-37(33)43-39/h1-25H. The topological polar surface area (TPSA) is 3.24 Å². The lowest BCUT2D eigenvalue weighted by atomic mass is 9.98. The number of benzene rings is 7. The largest absolute Gasteiger partial charge is 0.309 e. The fraction of sp³-hybridized carbons (Fsp3) is 0. The first-order valence-electron chi connectivity index (χ1n) is 14.5. The molecule has 0 saturated carbocycles. The van der Waals surface area contributed by atoms with Crippen LogP contribution in [0.3, 0.4) is 0 Å². The predicted octanol–water partition coefficient (Wildman–Crippen LogP) is 12.7. The summed E-state index contributed by atoms with van der Waals surface area (Å²) in [5, 5.41) is 7.84. The lowest BCUT2D eigenvalue weighted by Crippen LogP contribution is -2.11. The molecule has 9 rings (SSSR count). The van der Waals surface area contributed by atoms with Crippen LogP contribution in [-0.2, 0) is 0 Å². The molecule has 0 bridgehead atoms. The Kier molecular flexibility index (Phi) is 5.62. The maximum Gasteiger partial charge on any atom is 0.0554 e. The summed E-state index contributed by atoms with van der Waals surface area (Å²) in [5.74, 6) is 0. The van der Waals surface area contributed by atoms with Gasteiger partial charge in [0.05, 0.1) is 11.4 Å². The first kappa shape index (κ1) is 24.6. The first-order chi connectivity index (χ1) is 21.3. The molecule has 0 N–H and O–H groups in total. The molecule has 0 spiro atoms. The first-order valence-corrected chi connectivity index (χ1v) is 16.2. The maximum atomic E-state index is 2.48. The van der Waals surface area contributed by atoms with Crippen LogP contribution in [0.5, 0.6) is 0 Å². The van der Waals surface area contributed by atoms with Crippen molar-refractivity contribution < 1.29 is 0 Å². The molecule has 7 aromatic carbocycles. The summed E-state index contributed by atoms with van der Waals surface area (Å²) in [5.41, 5.74) is 5.93. The number of hydrogen-bond donors (Lipinski definition) is 0. The fourth-order valence-electron chi connectivity index (χ4n) is 6.55. The second-order valence-corrected chi connectivity index (χ2v) is 13.1.